The number of rotatable bonds is 13. The molecule has 0 saturated carbocycles. The summed E-state index contributed by atoms with van der Waals surface area (Å²) in [5, 5.41) is 10.6. The molecule has 6 rings (SSSR count). The van der Waals surface area contributed by atoms with Gasteiger partial charge < -0.3 is 25.0 Å². The molecule has 9 nitrogen and oxygen atoms in total. The summed E-state index contributed by atoms with van der Waals surface area (Å²) in [6, 6.07) is 31.2. The SMILES string of the molecule is COC(=O)c1ccc(CN(Cc2cccc(-c3cccc(C(=O)N4CCC(CCCC5CCNCC5)CC4)c3)c2)C(=O)Cc2cccc(Br)c2)cc1.O=C(O)C(F)(F)F. The van der Waals surface area contributed by atoms with Gasteiger partial charge in [-0.2, -0.15) is 13.2 Å². The molecule has 2 aliphatic heterocycles. The Hall–Kier alpha value is -5.01. The molecule has 0 spiro atoms. The monoisotopic (exact) mass is 877 g/mol. The fourth-order valence-corrected chi connectivity index (χ4v) is 8.07. The lowest BCUT2D eigenvalue weighted by molar-refractivity contribution is -0.192. The Morgan fingerprint density at radius 1 is 0.763 bits per heavy atom. The molecule has 0 aliphatic carbocycles. The van der Waals surface area contributed by atoms with E-state index in [9.17, 15) is 27.6 Å². The number of piperidine rings is 2. The molecule has 4 aromatic carbocycles. The van der Waals surface area contributed by atoms with E-state index in [1.54, 1.807) is 12.1 Å². The van der Waals surface area contributed by atoms with Crippen molar-refractivity contribution in [3.8, 4) is 11.1 Å². The predicted octanol–water partition coefficient (Wildman–Crippen LogP) is 9.33. The van der Waals surface area contributed by atoms with Crippen molar-refractivity contribution in [1.82, 2.24) is 15.1 Å². The highest BCUT2D eigenvalue weighted by Crippen LogP contribution is 2.28. The van der Waals surface area contributed by atoms with E-state index in [4.69, 9.17) is 14.6 Å². The summed E-state index contributed by atoms with van der Waals surface area (Å²) >= 11 is 3.52. The van der Waals surface area contributed by atoms with Crippen LogP contribution in [0, 0.1) is 11.8 Å². The Bertz CT molecular complexity index is 2030. The lowest BCUT2D eigenvalue weighted by Crippen LogP contribution is -2.38. The number of halogens is 4. The summed E-state index contributed by atoms with van der Waals surface area (Å²) < 4.78 is 37.5. The number of nitrogens with one attached hydrogen (secondary N) is 1. The average Bonchev–Trinajstić information content (AvgIpc) is 3.24. The van der Waals surface area contributed by atoms with Gasteiger partial charge in [0.1, 0.15) is 0 Å². The molecule has 0 radical (unpaired) electrons. The highest BCUT2D eigenvalue weighted by atomic mass is 79.9. The Balaban J connectivity index is 0.000000867. The molecule has 59 heavy (non-hydrogen) atoms. The van der Waals surface area contributed by atoms with E-state index < -0.39 is 18.1 Å². The summed E-state index contributed by atoms with van der Waals surface area (Å²) in [6.07, 6.45) is 3.94. The number of benzene rings is 4. The largest absolute Gasteiger partial charge is 0.490 e. The lowest BCUT2D eigenvalue weighted by Gasteiger charge is -2.32. The van der Waals surface area contributed by atoms with E-state index in [1.807, 2.05) is 82.6 Å². The molecule has 2 heterocycles. The molecule has 2 aliphatic rings. The predicted molar refractivity (Wildman–Crippen MR) is 224 cm³/mol. The van der Waals surface area contributed by atoms with Crippen LogP contribution in [0.5, 0.6) is 0 Å². The number of nitrogens with zero attached hydrogens (tertiary/aromatic N) is 2. The summed E-state index contributed by atoms with van der Waals surface area (Å²) in [4.78, 5) is 52.2. The Kier molecular flexibility index (Phi) is 16.7. The highest BCUT2D eigenvalue weighted by molar-refractivity contribution is 9.10. The molecular formula is C46H51BrF3N3O6. The minimum absolute atomic E-state index is 0.00122. The Morgan fingerprint density at radius 3 is 1.97 bits per heavy atom. The highest BCUT2D eigenvalue weighted by Gasteiger charge is 2.38. The molecule has 314 valence electrons. The standard InChI is InChI=1S/C44H50BrN3O4.C2HF3O2/c1-52-44(51)37-16-14-34(15-17-37)30-48(42(49)28-35-8-4-13-41(45)27-35)31-36-9-3-10-38(26-36)39-11-5-12-40(29-39)43(50)47-24-20-33(21-25-47)7-2-6-32-18-22-46-23-19-32;3-2(4,5)1(6)7/h3-5,8-17,26-27,29,32-33,46H,2,6-7,18-25,28,30-31H2,1H3;(H,6,7). The van der Waals surface area contributed by atoms with Crippen LogP contribution in [0.15, 0.2) is 102 Å². The van der Waals surface area contributed by atoms with Gasteiger partial charge in [-0.1, -0.05) is 89.8 Å². The zero-order valence-corrected chi connectivity index (χ0v) is 34.8. The molecule has 2 N–H and O–H groups in total. The van der Waals surface area contributed by atoms with Gasteiger partial charge in [0.2, 0.25) is 5.91 Å². The molecule has 13 heteroatoms. The molecule has 2 saturated heterocycles. The number of esters is 1. The van der Waals surface area contributed by atoms with Crippen LogP contribution in [0.1, 0.15) is 82.4 Å². The first-order chi connectivity index (χ1) is 28.3. The lowest BCUT2D eigenvalue weighted by atomic mass is 9.87. The quantitative estimate of drug-likeness (QED) is 0.129. The van der Waals surface area contributed by atoms with Crippen molar-refractivity contribution in [3.63, 3.8) is 0 Å². The molecule has 2 fully saturated rings. The van der Waals surface area contributed by atoms with Gasteiger partial charge in [0, 0.05) is 36.2 Å². The summed E-state index contributed by atoms with van der Waals surface area (Å²) in [5.74, 6) is -1.44. The minimum atomic E-state index is -5.08. The Labute approximate surface area is 352 Å². The Morgan fingerprint density at radius 2 is 1.34 bits per heavy atom. The number of carboxylic acid groups (broad SMARTS) is 1. The van der Waals surface area contributed by atoms with Crippen molar-refractivity contribution >= 4 is 39.7 Å². The maximum atomic E-state index is 13.8. The van der Waals surface area contributed by atoms with Crippen LogP contribution < -0.4 is 5.32 Å². The van der Waals surface area contributed by atoms with Gasteiger partial charge in [0.05, 0.1) is 19.1 Å². The number of aliphatic carboxylic acids is 1. The van der Waals surface area contributed by atoms with E-state index in [-0.39, 0.29) is 18.2 Å². The van der Waals surface area contributed by atoms with Gasteiger partial charge in [-0.3, -0.25) is 9.59 Å². The number of hydrogen-bond acceptors (Lipinski definition) is 6. The molecular weight excluding hydrogens is 827 g/mol. The van der Waals surface area contributed by atoms with Crippen molar-refractivity contribution in [2.75, 3.05) is 33.3 Å². The van der Waals surface area contributed by atoms with Crippen LogP contribution >= 0.6 is 15.9 Å². The van der Waals surface area contributed by atoms with E-state index in [2.05, 4.69) is 33.4 Å². The smallest absolute Gasteiger partial charge is 0.475 e. The first kappa shape index (κ1) is 45.1. The number of carbonyl (C=O) groups excluding carboxylic acids is 3. The average molecular weight is 879 g/mol. The zero-order valence-electron chi connectivity index (χ0n) is 33.2. The second kappa shape index (κ2) is 21.8. The van der Waals surface area contributed by atoms with E-state index >= 15 is 0 Å². The minimum Gasteiger partial charge on any atom is -0.475 e. The van der Waals surface area contributed by atoms with Crippen LogP contribution in [0.3, 0.4) is 0 Å². The van der Waals surface area contributed by atoms with Crippen LogP contribution in [-0.4, -0.2) is 78.1 Å². The third-order valence-electron chi connectivity index (χ3n) is 10.9. The van der Waals surface area contributed by atoms with Crippen LogP contribution in [0.2, 0.25) is 0 Å². The van der Waals surface area contributed by atoms with Gasteiger partial charge in [-0.15, -0.1) is 0 Å². The number of methoxy groups -OCH3 is 1. The third-order valence-corrected chi connectivity index (χ3v) is 11.4. The number of ether oxygens (including phenoxy) is 1. The van der Waals surface area contributed by atoms with E-state index in [0.717, 1.165) is 70.1 Å². The summed E-state index contributed by atoms with van der Waals surface area (Å²) in [5.41, 5.74) is 6.00. The second-order valence-corrected chi connectivity index (χ2v) is 16.1. The van der Waals surface area contributed by atoms with Crippen molar-refractivity contribution < 1.29 is 42.2 Å². The first-order valence-corrected chi connectivity index (χ1v) is 20.8. The number of carbonyl (C=O) groups is 4. The van der Waals surface area contributed by atoms with E-state index in [1.165, 1.54) is 52.3 Å². The number of likely N-dealkylation sites (tertiary alicyclic amines) is 1. The van der Waals surface area contributed by atoms with Crippen molar-refractivity contribution in [2.45, 2.75) is 70.6 Å². The van der Waals surface area contributed by atoms with Crippen molar-refractivity contribution in [1.29, 1.82) is 0 Å². The molecule has 2 amide bonds. The second-order valence-electron chi connectivity index (χ2n) is 15.2. The normalized spacial score (nSPS) is 14.8. The fraction of sp³-hybridized carbons (Fsp3) is 0.391. The van der Waals surface area contributed by atoms with Gasteiger partial charge in [-0.05, 0) is 121 Å². The number of alkyl halides is 3. The summed E-state index contributed by atoms with van der Waals surface area (Å²) in [7, 11) is 1.36. The fourth-order valence-electron chi connectivity index (χ4n) is 7.62. The maximum Gasteiger partial charge on any atom is 0.490 e. The molecule has 0 aromatic heterocycles. The first-order valence-electron chi connectivity index (χ1n) is 20.0. The third kappa shape index (κ3) is 14.1. The van der Waals surface area contributed by atoms with Gasteiger partial charge >= 0.3 is 18.1 Å². The van der Waals surface area contributed by atoms with Gasteiger partial charge in [0.25, 0.3) is 5.91 Å². The number of carboxylic acids is 1. The summed E-state index contributed by atoms with van der Waals surface area (Å²) in [6.45, 7) is 4.78. The number of amides is 2. The van der Waals surface area contributed by atoms with Crippen molar-refractivity contribution in [2.24, 2.45) is 11.8 Å². The van der Waals surface area contributed by atoms with Crippen molar-refractivity contribution in [3.05, 3.63) is 129 Å². The van der Waals surface area contributed by atoms with Crippen LogP contribution in [0.4, 0.5) is 13.2 Å². The molecule has 0 atom stereocenters. The molecule has 4 aromatic rings. The zero-order chi connectivity index (χ0) is 42.4. The van der Waals surface area contributed by atoms with Gasteiger partial charge in [-0.25, -0.2) is 9.59 Å². The maximum absolute atomic E-state index is 13.8. The molecule has 0 unspecified atom stereocenters. The topological polar surface area (TPSA) is 116 Å². The van der Waals surface area contributed by atoms with Crippen LogP contribution in [0.25, 0.3) is 11.1 Å². The number of hydrogen-bond donors (Lipinski definition) is 2. The van der Waals surface area contributed by atoms with E-state index in [0.29, 0.717) is 24.2 Å². The van der Waals surface area contributed by atoms with Crippen LogP contribution in [-0.2, 0) is 33.8 Å². The molecule has 0 bridgehead atoms. The van der Waals surface area contributed by atoms with Gasteiger partial charge in [0.15, 0.2) is 0 Å².